The van der Waals surface area contributed by atoms with Crippen LogP contribution in [-0.4, -0.2) is 13.5 Å². The first-order chi connectivity index (χ1) is 5.41. The first kappa shape index (κ1) is 8.99. The largest absolute Gasteiger partial charge is 0.506 e. The summed E-state index contributed by atoms with van der Waals surface area (Å²) in [6.07, 6.45) is 0. The highest BCUT2D eigenvalue weighted by Crippen LogP contribution is 2.24. The number of aryl methyl sites for hydroxylation is 1. The van der Waals surface area contributed by atoms with Gasteiger partial charge in [-0.15, -0.1) is 3.89 Å². The Morgan fingerprint density at radius 1 is 1.42 bits per heavy atom. The van der Waals surface area contributed by atoms with E-state index < -0.39 is 20.9 Å². The molecule has 0 atom stereocenters. The standard InChI is InChI=1S/C7H7FO3S/c1-5-2-3-6(9)7(4-5)12(8,10)11/h2-4,9H,1H3. The molecule has 0 spiro atoms. The first-order valence-corrected chi connectivity index (χ1v) is 4.54. The molecule has 1 N–H and O–H groups in total. The van der Waals surface area contributed by atoms with Crippen molar-refractivity contribution in [3.8, 4) is 5.75 Å². The van der Waals surface area contributed by atoms with E-state index in [2.05, 4.69) is 0 Å². The molecule has 0 saturated heterocycles. The van der Waals surface area contributed by atoms with Gasteiger partial charge in [0.1, 0.15) is 10.6 Å². The molecule has 0 aliphatic carbocycles. The van der Waals surface area contributed by atoms with Gasteiger partial charge in [0.15, 0.2) is 0 Å². The molecular formula is C7H7FO3S. The van der Waals surface area contributed by atoms with E-state index >= 15 is 0 Å². The lowest BCUT2D eigenvalue weighted by atomic mass is 10.2. The average Bonchev–Trinajstić information content (AvgIpc) is 1.92. The van der Waals surface area contributed by atoms with E-state index in [9.17, 15) is 12.3 Å². The minimum atomic E-state index is -4.81. The summed E-state index contributed by atoms with van der Waals surface area (Å²) in [6.45, 7) is 1.61. The van der Waals surface area contributed by atoms with Crippen LogP contribution in [0.3, 0.4) is 0 Å². The fraction of sp³-hybridized carbons (Fsp3) is 0.143. The van der Waals surface area contributed by atoms with Gasteiger partial charge in [-0.1, -0.05) is 6.07 Å². The second kappa shape index (κ2) is 2.75. The summed E-state index contributed by atoms with van der Waals surface area (Å²) in [5.74, 6) is -0.567. The van der Waals surface area contributed by atoms with Gasteiger partial charge in [0.25, 0.3) is 0 Å². The van der Waals surface area contributed by atoms with E-state index in [0.29, 0.717) is 5.56 Å². The number of hydrogen-bond donors (Lipinski definition) is 1. The lowest BCUT2D eigenvalue weighted by Crippen LogP contribution is -1.92. The molecule has 0 fully saturated rings. The zero-order chi connectivity index (χ0) is 9.35. The van der Waals surface area contributed by atoms with Crippen LogP contribution in [0, 0.1) is 6.92 Å². The van der Waals surface area contributed by atoms with Gasteiger partial charge >= 0.3 is 10.2 Å². The molecule has 0 amide bonds. The molecule has 0 aliphatic heterocycles. The Bertz CT molecular complexity index is 397. The lowest BCUT2D eigenvalue weighted by Gasteiger charge is -1.99. The zero-order valence-corrected chi connectivity index (χ0v) is 7.10. The molecule has 5 heteroatoms. The molecule has 1 aromatic carbocycles. The van der Waals surface area contributed by atoms with Crippen LogP contribution in [-0.2, 0) is 10.2 Å². The molecule has 1 rings (SSSR count). The summed E-state index contributed by atoms with van der Waals surface area (Å²) in [5.41, 5.74) is 0.573. The van der Waals surface area contributed by atoms with Crippen molar-refractivity contribution >= 4 is 10.2 Å². The molecule has 0 bridgehead atoms. The van der Waals surface area contributed by atoms with Crippen molar-refractivity contribution in [2.45, 2.75) is 11.8 Å². The van der Waals surface area contributed by atoms with Crippen LogP contribution < -0.4 is 0 Å². The highest BCUT2D eigenvalue weighted by atomic mass is 32.3. The summed E-state index contributed by atoms with van der Waals surface area (Å²) < 4.78 is 33.1. The number of hydrogen-bond acceptors (Lipinski definition) is 3. The third-order valence-electron chi connectivity index (χ3n) is 1.38. The first-order valence-electron chi connectivity index (χ1n) is 3.15. The molecular weight excluding hydrogens is 183 g/mol. The van der Waals surface area contributed by atoms with Gasteiger partial charge in [-0.25, -0.2) is 0 Å². The van der Waals surface area contributed by atoms with Crippen molar-refractivity contribution in [1.29, 1.82) is 0 Å². The summed E-state index contributed by atoms with van der Waals surface area (Å²) in [4.78, 5) is -0.678. The van der Waals surface area contributed by atoms with Gasteiger partial charge in [0.2, 0.25) is 0 Å². The zero-order valence-electron chi connectivity index (χ0n) is 6.28. The molecule has 12 heavy (non-hydrogen) atoms. The summed E-state index contributed by atoms with van der Waals surface area (Å²) >= 11 is 0. The van der Waals surface area contributed by atoms with E-state index in [4.69, 9.17) is 5.11 Å². The van der Waals surface area contributed by atoms with Crippen molar-refractivity contribution in [2.75, 3.05) is 0 Å². The molecule has 66 valence electrons. The monoisotopic (exact) mass is 190 g/mol. The van der Waals surface area contributed by atoms with Gasteiger partial charge in [0.05, 0.1) is 0 Å². The molecule has 0 heterocycles. The smallest absolute Gasteiger partial charge is 0.335 e. The fourth-order valence-corrected chi connectivity index (χ4v) is 1.46. The number of phenols is 1. The van der Waals surface area contributed by atoms with Crippen LogP contribution >= 0.6 is 0 Å². The Morgan fingerprint density at radius 2 is 2.00 bits per heavy atom. The van der Waals surface area contributed by atoms with Gasteiger partial charge < -0.3 is 5.11 Å². The van der Waals surface area contributed by atoms with Crippen LogP contribution in [0.5, 0.6) is 5.75 Å². The number of benzene rings is 1. The van der Waals surface area contributed by atoms with Crippen molar-refractivity contribution < 1.29 is 17.4 Å². The minimum absolute atomic E-state index is 0.567. The van der Waals surface area contributed by atoms with E-state index in [1.54, 1.807) is 6.92 Å². The van der Waals surface area contributed by atoms with Gasteiger partial charge in [0, 0.05) is 0 Å². The summed E-state index contributed by atoms with van der Waals surface area (Å²) in [7, 11) is -4.81. The highest BCUT2D eigenvalue weighted by Gasteiger charge is 2.16. The second-order valence-electron chi connectivity index (χ2n) is 2.41. The van der Waals surface area contributed by atoms with Gasteiger partial charge in [-0.3, -0.25) is 0 Å². The van der Waals surface area contributed by atoms with Crippen LogP contribution in [0.1, 0.15) is 5.56 Å². The third kappa shape index (κ3) is 1.73. The molecule has 3 nitrogen and oxygen atoms in total. The predicted octanol–water partition coefficient (Wildman–Crippen LogP) is 1.36. The van der Waals surface area contributed by atoms with E-state index in [1.807, 2.05) is 0 Å². The Kier molecular flexibility index (Phi) is 2.06. The Morgan fingerprint density at radius 3 is 2.42 bits per heavy atom. The maximum Gasteiger partial charge on any atom is 0.335 e. The normalized spacial score (nSPS) is 11.5. The molecule has 0 aromatic heterocycles. The van der Waals surface area contributed by atoms with Crippen molar-refractivity contribution in [2.24, 2.45) is 0 Å². The van der Waals surface area contributed by atoms with Gasteiger partial charge in [-0.2, -0.15) is 8.42 Å². The number of aromatic hydroxyl groups is 1. The predicted molar refractivity (Wildman–Crippen MR) is 41.1 cm³/mol. The highest BCUT2D eigenvalue weighted by molar-refractivity contribution is 7.86. The van der Waals surface area contributed by atoms with Crippen LogP contribution in [0.25, 0.3) is 0 Å². The van der Waals surface area contributed by atoms with E-state index in [1.165, 1.54) is 6.07 Å². The maximum atomic E-state index is 12.4. The van der Waals surface area contributed by atoms with Crippen molar-refractivity contribution in [1.82, 2.24) is 0 Å². The van der Waals surface area contributed by atoms with Gasteiger partial charge in [-0.05, 0) is 24.6 Å². The summed E-state index contributed by atoms with van der Waals surface area (Å²) in [6, 6.07) is 3.70. The molecule has 1 aromatic rings. The van der Waals surface area contributed by atoms with Crippen LogP contribution in [0.2, 0.25) is 0 Å². The third-order valence-corrected chi connectivity index (χ3v) is 2.23. The maximum absolute atomic E-state index is 12.4. The van der Waals surface area contributed by atoms with Crippen molar-refractivity contribution in [3.63, 3.8) is 0 Å². The number of phenolic OH excluding ortho intramolecular Hbond substituents is 1. The minimum Gasteiger partial charge on any atom is -0.506 e. The molecule has 0 aliphatic rings. The molecule has 0 unspecified atom stereocenters. The number of halogens is 1. The Hall–Kier alpha value is -1.10. The Labute approximate surface area is 69.7 Å². The topological polar surface area (TPSA) is 54.4 Å². The average molecular weight is 190 g/mol. The summed E-state index contributed by atoms with van der Waals surface area (Å²) in [5, 5.41) is 8.95. The van der Waals surface area contributed by atoms with Crippen LogP contribution in [0.15, 0.2) is 23.1 Å². The quantitative estimate of drug-likeness (QED) is 0.680. The van der Waals surface area contributed by atoms with E-state index in [0.717, 1.165) is 12.1 Å². The fourth-order valence-electron chi connectivity index (χ4n) is 0.817. The van der Waals surface area contributed by atoms with E-state index in [-0.39, 0.29) is 0 Å². The SMILES string of the molecule is Cc1ccc(O)c(S(=O)(=O)F)c1. The Balaban J connectivity index is 3.43. The second-order valence-corrected chi connectivity index (χ2v) is 3.72. The van der Waals surface area contributed by atoms with Crippen LogP contribution in [0.4, 0.5) is 3.89 Å². The van der Waals surface area contributed by atoms with Crippen molar-refractivity contribution in [3.05, 3.63) is 23.8 Å². The number of rotatable bonds is 1. The molecule has 0 radical (unpaired) electrons. The lowest BCUT2D eigenvalue weighted by molar-refractivity contribution is 0.455. The molecule has 0 saturated carbocycles.